The summed E-state index contributed by atoms with van der Waals surface area (Å²) in [5, 5.41) is 29.0. The van der Waals surface area contributed by atoms with Crippen molar-refractivity contribution < 1.29 is 44.1 Å². The zero-order valence-corrected chi connectivity index (χ0v) is 16.7. The topological polar surface area (TPSA) is 225 Å². The van der Waals surface area contributed by atoms with Crippen LogP contribution in [0.3, 0.4) is 0 Å². The first-order valence-electron chi connectivity index (χ1n) is 8.56. The lowest BCUT2D eigenvalue weighted by molar-refractivity contribution is -0.142. The average Bonchev–Trinajstić information content (AvgIpc) is 2.63. The molecule has 13 heteroatoms. The molecule has 8 N–H and O–H groups in total. The summed E-state index contributed by atoms with van der Waals surface area (Å²) in [5.74, 6) is 0.893. The Morgan fingerprint density at radius 3 is 1.62 bits per heavy atom. The maximum Gasteiger partial charge on any atom is 0.326 e. The normalized spacial score (nSPS) is 10.1. The van der Waals surface area contributed by atoms with Crippen molar-refractivity contribution in [1.29, 1.82) is 0 Å². The molecule has 0 aromatic rings. The fourth-order valence-corrected chi connectivity index (χ4v) is 1.29. The van der Waals surface area contributed by atoms with Gasteiger partial charge in [-0.3, -0.25) is 25.0 Å². The minimum Gasteiger partial charge on any atom is -0.480 e. The van der Waals surface area contributed by atoms with E-state index in [0.717, 1.165) is 0 Å². The minimum atomic E-state index is -1.10. The van der Waals surface area contributed by atoms with Crippen molar-refractivity contribution in [1.82, 2.24) is 16.1 Å². The summed E-state index contributed by atoms with van der Waals surface area (Å²) in [6.45, 7) is 4.23. The Balaban J connectivity index is -0.000000386. The number of nitrogens with two attached hydrogens (primary N) is 1. The molecule has 0 aromatic carbocycles. The van der Waals surface area contributed by atoms with Crippen molar-refractivity contribution >= 4 is 35.5 Å². The molecule has 0 saturated carbocycles. The Kier molecular flexibility index (Phi) is 20.8. The number of carbonyl (C=O) groups is 6. The van der Waals surface area contributed by atoms with Gasteiger partial charge in [-0.15, -0.1) is 0 Å². The number of carboxylic acids is 3. The van der Waals surface area contributed by atoms with E-state index in [-0.39, 0.29) is 49.9 Å². The zero-order chi connectivity index (χ0) is 23.4. The van der Waals surface area contributed by atoms with E-state index < -0.39 is 23.9 Å². The molecule has 0 heterocycles. The monoisotopic (exact) mass is 422 g/mol. The molecule has 2 amide bonds. The van der Waals surface area contributed by atoms with Crippen molar-refractivity contribution in [2.75, 3.05) is 13.1 Å². The number of nitrogens with one attached hydrogen (secondary N) is 3. The van der Waals surface area contributed by atoms with Crippen LogP contribution in [0.5, 0.6) is 0 Å². The van der Waals surface area contributed by atoms with Gasteiger partial charge in [-0.2, -0.15) is 0 Å². The molecule has 0 aliphatic heterocycles. The van der Waals surface area contributed by atoms with E-state index in [2.05, 4.69) is 16.5 Å². The molecule has 0 aliphatic carbocycles. The van der Waals surface area contributed by atoms with E-state index in [9.17, 15) is 28.8 Å². The standard InChI is InChI=1S/C9H15NO4.C5H9NO3.C2H6N2O2/c1-3-8(12)10-7(9(13)14)5-4-6(2)11;1-2-4(7)6-3-5(8)9;3-4-1-2(5)6/h7H,3-5H2,1-2H3,(H,10,12)(H,13,14);2-3H2,1H3,(H,6,7)(H,8,9);4H,1,3H2,(H,5,6). The highest BCUT2D eigenvalue weighted by Crippen LogP contribution is 1.99. The third-order valence-electron chi connectivity index (χ3n) is 2.75. The number of Topliss-reactive ketones (excluding diaryl/α,β-unsaturated/α-hetero) is 1. The molecule has 1 atom stereocenters. The van der Waals surface area contributed by atoms with Crippen LogP contribution in [0.1, 0.15) is 46.5 Å². The van der Waals surface area contributed by atoms with E-state index in [1.807, 2.05) is 5.43 Å². The molecular formula is C16H30N4O9. The lowest BCUT2D eigenvalue weighted by Crippen LogP contribution is -2.40. The van der Waals surface area contributed by atoms with Crippen LogP contribution in [0.2, 0.25) is 0 Å². The molecule has 0 aliphatic rings. The first kappa shape index (κ1) is 30.7. The first-order chi connectivity index (χ1) is 13.4. The van der Waals surface area contributed by atoms with Gasteiger partial charge < -0.3 is 30.7 Å². The Morgan fingerprint density at radius 2 is 1.34 bits per heavy atom. The second kappa shape index (κ2) is 19.7. The summed E-state index contributed by atoms with van der Waals surface area (Å²) >= 11 is 0. The number of carboxylic acid groups (broad SMARTS) is 3. The van der Waals surface area contributed by atoms with Gasteiger partial charge in [0.05, 0.1) is 0 Å². The van der Waals surface area contributed by atoms with Crippen molar-refractivity contribution in [3.63, 3.8) is 0 Å². The predicted molar refractivity (Wildman–Crippen MR) is 101 cm³/mol. The number of rotatable bonds is 11. The fraction of sp³-hybridized carbons (Fsp3) is 0.625. The third-order valence-corrected chi connectivity index (χ3v) is 2.75. The number of hydrogen-bond donors (Lipinski definition) is 7. The van der Waals surface area contributed by atoms with Gasteiger partial charge in [-0.25, -0.2) is 10.2 Å². The van der Waals surface area contributed by atoms with E-state index >= 15 is 0 Å². The lowest BCUT2D eigenvalue weighted by atomic mass is 10.1. The van der Waals surface area contributed by atoms with Crippen molar-refractivity contribution in [3.05, 3.63) is 0 Å². The Bertz CT molecular complexity index is 553. The summed E-state index contributed by atoms with van der Waals surface area (Å²) in [7, 11) is 0. The van der Waals surface area contributed by atoms with Gasteiger partial charge in [0.1, 0.15) is 24.9 Å². The van der Waals surface area contributed by atoms with Crippen molar-refractivity contribution in [2.45, 2.75) is 52.5 Å². The molecule has 0 rings (SSSR count). The maximum atomic E-state index is 10.9. The smallest absolute Gasteiger partial charge is 0.326 e. The van der Waals surface area contributed by atoms with Crippen LogP contribution in [0.15, 0.2) is 0 Å². The second-order valence-corrected chi connectivity index (χ2v) is 5.35. The van der Waals surface area contributed by atoms with Gasteiger partial charge in [-0.1, -0.05) is 13.8 Å². The molecule has 29 heavy (non-hydrogen) atoms. The molecule has 0 aromatic heterocycles. The largest absolute Gasteiger partial charge is 0.480 e. The highest BCUT2D eigenvalue weighted by atomic mass is 16.4. The molecule has 0 spiro atoms. The van der Waals surface area contributed by atoms with Crippen LogP contribution in [0, 0.1) is 0 Å². The molecule has 168 valence electrons. The van der Waals surface area contributed by atoms with E-state index in [1.54, 1.807) is 13.8 Å². The van der Waals surface area contributed by atoms with Crippen molar-refractivity contribution in [3.8, 4) is 0 Å². The summed E-state index contributed by atoms with van der Waals surface area (Å²) in [5.41, 5.74) is 1.97. The zero-order valence-electron chi connectivity index (χ0n) is 16.7. The van der Waals surface area contributed by atoms with Crippen molar-refractivity contribution in [2.24, 2.45) is 5.84 Å². The summed E-state index contributed by atoms with van der Waals surface area (Å²) in [4.78, 5) is 61.8. The minimum absolute atomic E-state index is 0.0815. The molecule has 0 fully saturated rings. The van der Waals surface area contributed by atoms with Crippen LogP contribution in [0.25, 0.3) is 0 Å². The second-order valence-electron chi connectivity index (χ2n) is 5.35. The number of hydrazine groups is 1. The summed E-state index contributed by atoms with van der Waals surface area (Å²) < 4.78 is 0. The summed E-state index contributed by atoms with van der Waals surface area (Å²) in [6.07, 6.45) is 0.883. The Morgan fingerprint density at radius 1 is 0.862 bits per heavy atom. The highest BCUT2D eigenvalue weighted by molar-refractivity contribution is 5.84. The van der Waals surface area contributed by atoms with Gasteiger partial charge in [0, 0.05) is 19.3 Å². The van der Waals surface area contributed by atoms with Crippen LogP contribution in [-0.2, 0) is 28.8 Å². The number of hydrogen-bond acceptors (Lipinski definition) is 8. The Labute approximate surface area is 168 Å². The molecule has 1 unspecified atom stereocenters. The average molecular weight is 422 g/mol. The molecule has 0 radical (unpaired) electrons. The Hall–Kier alpha value is -3.06. The van der Waals surface area contributed by atoms with E-state index in [4.69, 9.17) is 15.3 Å². The van der Waals surface area contributed by atoms with Crippen LogP contribution in [-0.4, -0.2) is 70.0 Å². The molecule has 0 saturated heterocycles. The van der Waals surface area contributed by atoms with E-state index in [0.29, 0.717) is 6.42 Å². The van der Waals surface area contributed by atoms with Gasteiger partial charge in [0.2, 0.25) is 11.8 Å². The SMILES string of the molecule is CCC(=O)NC(CCC(C)=O)C(=O)O.CCC(=O)NCC(=O)O.NNCC(=O)O. The molecule has 0 bridgehead atoms. The highest BCUT2D eigenvalue weighted by Gasteiger charge is 2.19. The third kappa shape index (κ3) is 27.3. The predicted octanol–water partition coefficient (Wildman–Crippen LogP) is -1.53. The molecule has 13 nitrogen and oxygen atoms in total. The van der Waals surface area contributed by atoms with Gasteiger partial charge in [-0.05, 0) is 13.3 Å². The number of amides is 2. The molecular weight excluding hydrogens is 392 g/mol. The van der Waals surface area contributed by atoms with Gasteiger partial charge in [0.25, 0.3) is 0 Å². The van der Waals surface area contributed by atoms with Crippen LogP contribution in [0.4, 0.5) is 0 Å². The van der Waals surface area contributed by atoms with E-state index in [1.165, 1.54) is 6.92 Å². The number of carbonyl (C=O) groups excluding carboxylic acids is 3. The number of ketones is 1. The van der Waals surface area contributed by atoms with Gasteiger partial charge >= 0.3 is 17.9 Å². The number of aliphatic carboxylic acids is 3. The summed E-state index contributed by atoms with van der Waals surface area (Å²) in [6, 6.07) is -0.952. The first-order valence-corrected chi connectivity index (χ1v) is 8.56. The fourth-order valence-electron chi connectivity index (χ4n) is 1.29. The maximum absolute atomic E-state index is 10.9. The van der Waals surface area contributed by atoms with Crippen LogP contribution < -0.4 is 21.9 Å². The van der Waals surface area contributed by atoms with Gasteiger partial charge in [0.15, 0.2) is 0 Å². The quantitative estimate of drug-likeness (QED) is 0.149. The lowest BCUT2D eigenvalue weighted by Gasteiger charge is -2.12. The van der Waals surface area contributed by atoms with Crippen LogP contribution >= 0.6 is 0 Å².